The summed E-state index contributed by atoms with van der Waals surface area (Å²) in [7, 11) is 1.78. The first-order chi connectivity index (χ1) is 10.8. The average molecular weight is 310 g/mol. The molecule has 2 aromatic heterocycles. The van der Waals surface area contributed by atoms with E-state index in [-0.39, 0.29) is 5.91 Å². The predicted octanol–water partition coefficient (Wildman–Crippen LogP) is 1.63. The Morgan fingerprint density at radius 1 is 1.35 bits per heavy atom. The van der Waals surface area contributed by atoms with Crippen LogP contribution in [0.4, 0.5) is 5.82 Å². The molecule has 0 aromatic carbocycles. The second-order valence-corrected chi connectivity index (χ2v) is 6.65. The molecule has 0 saturated heterocycles. The number of fused-ring (bicyclic) bond motifs is 1. The highest BCUT2D eigenvalue weighted by Crippen LogP contribution is 2.40. The van der Waals surface area contributed by atoms with Crippen molar-refractivity contribution in [2.75, 3.05) is 0 Å². The molecule has 0 aliphatic carbocycles. The van der Waals surface area contributed by atoms with Crippen molar-refractivity contribution < 1.29 is 4.79 Å². The number of rotatable bonds is 2. The molecule has 1 atom stereocenters. The molecule has 7 nitrogen and oxygen atoms in total. The molecule has 1 aliphatic rings. The lowest BCUT2D eigenvalue weighted by Crippen LogP contribution is -2.57. The van der Waals surface area contributed by atoms with Gasteiger partial charge in [-0.05, 0) is 26.8 Å². The summed E-state index contributed by atoms with van der Waals surface area (Å²) in [6.45, 7) is 12.9. The smallest absolute Gasteiger partial charge is 0.269 e. The second kappa shape index (κ2) is 4.88. The lowest BCUT2D eigenvalue weighted by atomic mass is 9.71. The van der Waals surface area contributed by atoms with Gasteiger partial charge in [0.15, 0.2) is 5.69 Å². The largest absolute Gasteiger partial charge is 0.361 e. The minimum Gasteiger partial charge on any atom is -0.361 e. The third-order valence-corrected chi connectivity index (χ3v) is 4.30. The van der Waals surface area contributed by atoms with E-state index in [0.29, 0.717) is 23.6 Å². The zero-order valence-corrected chi connectivity index (χ0v) is 13.6. The number of nitrogens with one attached hydrogen (secondary N) is 1. The number of carbonyl (C=O) groups excluding carboxylic acids is 1. The number of hydrogen-bond donors (Lipinski definition) is 1. The Hall–Kier alpha value is -2.75. The normalized spacial score (nSPS) is 22.1. The molecule has 3 heterocycles. The fraction of sp³-hybridized carbons (Fsp3) is 0.438. The monoisotopic (exact) mass is 310 g/mol. The Labute approximate surface area is 134 Å². The van der Waals surface area contributed by atoms with Crippen LogP contribution in [-0.4, -0.2) is 25.9 Å². The van der Waals surface area contributed by atoms with Gasteiger partial charge >= 0.3 is 0 Å². The molecule has 1 unspecified atom stereocenters. The third kappa shape index (κ3) is 2.36. The molecule has 0 spiro atoms. The molecule has 118 valence electrons. The Morgan fingerprint density at radius 2 is 2.09 bits per heavy atom. The molecule has 0 radical (unpaired) electrons. The van der Waals surface area contributed by atoms with Gasteiger partial charge in [-0.1, -0.05) is 17.9 Å². The van der Waals surface area contributed by atoms with E-state index in [1.807, 2.05) is 26.8 Å². The summed E-state index contributed by atoms with van der Waals surface area (Å²) in [5.74, 6) is 0.176. The highest BCUT2D eigenvalue weighted by molar-refractivity contribution is 5.90. The molecule has 3 rings (SSSR count). The van der Waals surface area contributed by atoms with Crippen LogP contribution in [0.15, 0.2) is 18.3 Å². The molecule has 7 heteroatoms. The summed E-state index contributed by atoms with van der Waals surface area (Å²) in [4.78, 5) is 20.7. The molecule has 1 N–H and O–H groups in total. The van der Waals surface area contributed by atoms with Gasteiger partial charge < -0.3 is 10.2 Å². The Bertz CT molecular complexity index is 831. The van der Waals surface area contributed by atoms with E-state index >= 15 is 0 Å². The number of pyridine rings is 1. The summed E-state index contributed by atoms with van der Waals surface area (Å²) in [6, 6.07) is 3.57. The zero-order chi connectivity index (χ0) is 16.8. The lowest BCUT2D eigenvalue weighted by Gasteiger charge is -2.40. The summed E-state index contributed by atoms with van der Waals surface area (Å²) in [5, 5.41) is 11.1. The van der Waals surface area contributed by atoms with Crippen molar-refractivity contribution >= 4 is 11.7 Å². The van der Waals surface area contributed by atoms with E-state index in [2.05, 4.69) is 25.5 Å². The van der Waals surface area contributed by atoms with Gasteiger partial charge in [-0.15, -0.1) is 10.1 Å². The maximum Gasteiger partial charge on any atom is 0.269 e. The van der Waals surface area contributed by atoms with Crippen molar-refractivity contribution in [3.05, 3.63) is 46.7 Å². The van der Waals surface area contributed by atoms with E-state index in [1.165, 1.54) is 0 Å². The quantitative estimate of drug-likeness (QED) is 0.855. The number of carbonyl (C=O) groups is 1. The fourth-order valence-electron chi connectivity index (χ4n) is 3.04. The molecule has 0 saturated carbocycles. The average Bonchev–Trinajstić information content (AvgIpc) is 2.89. The van der Waals surface area contributed by atoms with Gasteiger partial charge in [0.2, 0.25) is 5.91 Å². The standard InChI is InChI=1S/C16H18N6O/c1-15(2)11-6-7-12(17-4)18-13(11)16(3,14(23)19-15)8-10-9-22(5)21-20-10/h6-7,9H,8H2,1-3,5H3,(H,19,23). The Balaban J connectivity index is 2.17. The minimum atomic E-state index is -0.887. The van der Waals surface area contributed by atoms with Gasteiger partial charge in [-0.3, -0.25) is 9.48 Å². The van der Waals surface area contributed by atoms with E-state index in [4.69, 9.17) is 6.57 Å². The molecule has 23 heavy (non-hydrogen) atoms. The first-order valence-corrected chi connectivity index (χ1v) is 7.33. The minimum absolute atomic E-state index is 0.115. The van der Waals surface area contributed by atoms with Gasteiger partial charge in [0.25, 0.3) is 5.82 Å². The Morgan fingerprint density at radius 3 is 2.70 bits per heavy atom. The number of aryl methyl sites for hydroxylation is 1. The predicted molar refractivity (Wildman–Crippen MR) is 83.7 cm³/mol. The van der Waals surface area contributed by atoms with Crippen LogP contribution in [0.5, 0.6) is 0 Å². The van der Waals surface area contributed by atoms with E-state index < -0.39 is 11.0 Å². The number of nitrogens with zero attached hydrogens (tertiary/aromatic N) is 5. The van der Waals surface area contributed by atoms with Crippen LogP contribution in [0, 0.1) is 6.57 Å². The van der Waals surface area contributed by atoms with Gasteiger partial charge in [-0.25, -0.2) is 0 Å². The molecule has 1 aliphatic heterocycles. The summed E-state index contributed by atoms with van der Waals surface area (Å²) < 4.78 is 1.60. The summed E-state index contributed by atoms with van der Waals surface area (Å²) in [6.07, 6.45) is 2.17. The van der Waals surface area contributed by atoms with Crippen molar-refractivity contribution in [3.8, 4) is 0 Å². The summed E-state index contributed by atoms with van der Waals surface area (Å²) >= 11 is 0. The molecular weight excluding hydrogens is 292 g/mol. The molecule has 0 bridgehead atoms. The van der Waals surface area contributed by atoms with E-state index in [9.17, 15) is 4.79 Å². The molecular formula is C16H18N6O. The summed E-state index contributed by atoms with van der Waals surface area (Å²) in [5.41, 5.74) is 0.871. The lowest BCUT2D eigenvalue weighted by molar-refractivity contribution is -0.129. The SMILES string of the molecule is [C-]#[N+]c1ccc2c(n1)C(C)(Cc1cn(C)nn1)C(=O)NC2(C)C. The van der Waals surface area contributed by atoms with Crippen molar-refractivity contribution in [2.45, 2.75) is 38.1 Å². The van der Waals surface area contributed by atoms with Crippen LogP contribution < -0.4 is 5.32 Å². The zero-order valence-electron chi connectivity index (χ0n) is 13.6. The van der Waals surface area contributed by atoms with Crippen LogP contribution in [0.2, 0.25) is 0 Å². The van der Waals surface area contributed by atoms with Crippen molar-refractivity contribution in [1.29, 1.82) is 0 Å². The number of hydrogen-bond acceptors (Lipinski definition) is 4. The van der Waals surface area contributed by atoms with E-state index in [1.54, 1.807) is 24.0 Å². The molecule has 0 fully saturated rings. The van der Waals surface area contributed by atoms with Gasteiger partial charge in [0.05, 0.1) is 11.2 Å². The Kier molecular flexibility index (Phi) is 3.22. The topological polar surface area (TPSA) is 77.1 Å². The van der Waals surface area contributed by atoms with Crippen LogP contribution in [0.1, 0.15) is 37.7 Å². The fourth-order valence-corrected chi connectivity index (χ4v) is 3.04. The number of amides is 1. The van der Waals surface area contributed by atoms with Crippen LogP contribution in [0.3, 0.4) is 0 Å². The molecule has 1 amide bonds. The van der Waals surface area contributed by atoms with Gasteiger partial charge in [-0.2, -0.15) is 0 Å². The maximum atomic E-state index is 12.8. The van der Waals surface area contributed by atoms with Crippen molar-refractivity contribution in [1.82, 2.24) is 25.3 Å². The highest BCUT2D eigenvalue weighted by Gasteiger charge is 2.50. The second-order valence-electron chi connectivity index (χ2n) is 6.65. The first-order valence-electron chi connectivity index (χ1n) is 7.33. The maximum absolute atomic E-state index is 12.8. The van der Waals surface area contributed by atoms with Gasteiger partial charge in [0.1, 0.15) is 5.41 Å². The highest BCUT2D eigenvalue weighted by atomic mass is 16.2. The van der Waals surface area contributed by atoms with Crippen LogP contribution in [0.25, 0.3) is 4.85 Å². The van der Waals surface area contributed by atoms with Crippen LogP contribution >= 0.6 is 0 Å². The van der Waals surface area contributed by atoms with Crippen molar-refractivity contribution in [2.24, 2.45) is 7.05 Å². The van der Waals surface area contributed by atoms with Crippen molar-refractivity contribution in [3.63, 3.8) is 0 Å². The first kappa shape index (κ1) is 15.2. The van der Waals surface area contributed by atoms with Gasteiger partial charge in [0, 0.05) is 25.2 Å². The molecule has 2 aromatic rings. The number of aromatic nitrogens is 4. The van der Waals surface area contributed by atoms with E-state index in [0.717, 1.165) is 5.56 Å². The van der Waals surface area contributed by atoms with Crippen LogP contribution in [-0.2, 0) is 29.2 Å². The third-order valence-electron chi connectivity index (χ3n) is 4.30.